The summed E-state index contributed by atoms with van der Waals surface area (Å²) in [6.07, 6.45) is 2.46. The molecule has 8 nitrogen and oxygen atoms in total. The van der Waals surface area contributed by atoms with E-state index in [1.54, 1.807) is 4.90 Å². The Morgan fingerprint density at radius 3 is 2.81 bits per heavy atom. The first-order valence-electron chi connectivity index (χ1n) is 10.5. The lowest BCUT2D eigenvalue weighted by Crippen LogP contribution is -2.51. The average molecular weight is 506 g/mol. The number of aromatic nitrogens is 2. The molecule has 0 spiro atoms. The largest absolute Gasteiger partial charge is 0.381 e. The molecule has 2 saturated heterocycles. The minimum Gasteiger partial charge on any atom is -0.381 e. The van der Waals surface area contributed by atoms with Crippen LogP contribution in [0, 0.1) is 0 Å². The number of hydrogen-bond donors (Lipinski definition) is 1. The van der Waals surface area contributed by atoms with E-state index in [4.69, 9.17) is 14.7 Å². The van der Waals surface area contributed by atoms with Gasteiger partial charge in [-0.15, -0.1) is 0 Å². The van der Waals surface area contributed by atoms with Gasteiger partial charge < -0.3 is 19.9 Å². The molecule has 0 radical (unpaired) electrons. The van der Waals surface area contributed by atoms with Gasteiger partial charge in [0.2, 0.25) is 11.9 Å². The van der Waals surface area contributed by atoms with E-state index >= 15 is 0 Å². The fourth-order valence-corrected chi connectivity index (χ4v) is 5.92. The second-order valence-electron chi connectivity index (χ2n) is 7.93. The van der Waals surface area contributed by atoms with Crippen LogP contribution in [0.3, 0.4) is 0 Å². The minimum absolute atomic E-state index is 0.0102. The summed E-state index contributed by atoms with van der Waals surface area (Å²) in [4.78, 5) is 26.8. The first kappa shape index (κ1) is 20.8. The Kier molecular flexibility index (Phi) is 5.94. The van der Waals surface area contributed by atoms with Gasteiger partial charge in [0.1, 0.15) is 17.3 Å². The zero-order valence-corrected chi connectivity index (χ0v) is 19.5. The average Bonchev–Trinajstić information content (AvgIpc) is 3.15. The molecule has 0 aliphatic carbocycles. The Bertz CT molecular complexity index is 1030. The molecule has 31 heavy (non-hydrogen) atoms. The van der Waals surface area contributed by atoms with Crippen molar-refractivity contribution in [1.29, 1.82) is 0 Å². The molecule has 1 unspecified atom stereocenters. The zero-order chi connectivity index (χ0) is 21.4. The van der Waals surface area contributed by atoms with Crippen LogP contribution in [-0.4, -0.2) is 64.7 Å². The Morgan fingerprint density at radius 2 is 2.03 bits per heavy atom. The van der Waals surface area contributed by atoms with Crippen molar-refractivity contribution in [3.8, 4) is 0 Å². The van der Waals surface area contributed by atoms with Crippen molar-refractivity contribution in [2.75, 3.05) is 53.7 Å². The molecule has 164 valence electrons. The second-order valence-corrected chi connectivity index (χ2v) is 10.3. The Balaban J connectivity index is 1.38. The number of amides is 1. The molecule has 4 heterocycles. The van der Waals surface area contributed by atoms with E-state index in [1.807, 2.05) is 29.2 Å². The van der Waals surface area contributed by atoms with Crippen LogP contribution in [0.25, 0.3) is 0 Å². The highest BCUT2D eigenvalue weighted by atomic mass is 79.9. The number of fused-ring (bicyclic) bond motifs is 1. The van der Waals surface area contributed by atoms with E-state index in [2.05, 4.69) is 21.2 Å². The van der Waals surface area contributed by atoms with Crippen LogP contribution in [0.5, 0.6) is 0 Å². The number of halogens is 1. The maximum Gasteiger partial charge on any atom is 0.246 e. The van der Waals surface area contributed by atoms with Gasteiger partial charge in [-0.3, -0.25) is 9.00 Å². The lowest BCUT2D eigenvalue weighted by Gasteiger charge is -2.35. The van der Waals surface area contributed by atoms with Crippen LogP contribution in [0.15, 0.2) is 33.6 Å². The van der Waals surface area contributed by atoms with E-state index in [0.29, 0.717) is 50.2 Å². The van der Waals surface area contributed by atoms with Crippen LogP contribution in [-0.2, 0) is 26.8 Å². The molecule has 1 aromatic carbocycles. The molecule has 0 saturated carbocycles. The van der Waals surface area contributed by atoms with Gasteiger partial charge in [0, 0.05) is 54.7 Å². The highest BCUT2D eigenvalue weighted by Gasteiger charge is 2.31. The predicted molar refractivity (Wildman–Crippen MR) is 123 cm³/mol. The standard InChI is InChI=1S/C21H24BrN5O3S/c22-14-2-1-3-16(12-14)27-8-7-26(13-18(27)28)21-24-17-6-11-31(29)19(17)20(25-21)23-15-4-9-30-10-5-15/h1-3,12,15H,4-11,13H2,(H,23,24,25). The number of rotatable bonds is 4. The fourth-order valence-electron chi connectivity index (χ4n) is 4.22. The van der Waals surface area contributed by atoms with Crippen molar-refractivity contribution < 1.29 is 13.7 Å². The van der Waals surface area contributed by atoms with Gasteiger partial charge in [0.25, 0.3) is 0 Å². The summed E-state index contributed by atoms with van der Waals surface area (Å²) in [5, 5.41) is 3.49. The van der Waals surface area contributed by atoms with E-state index in [0.717, 1.165) is 33.6 Å². The first-order chi connectivity index (χ1) is 15.1. The van der Waals surface area contributed by atoms with Crippen LogP contribution in [0.2, 0.25) is 0 Å². The summed E-state index contributed by atoms with van der Waals surface area (Å²) in [5.41, 5.74) is 1.71. The Labute approximate surface area is 192 Å². The summed E-state index contributed by atoms with van der Waals surface area (Å²) in [7, 11) is -1.08. The van der Waals surface area contributed by atoms with E-state index < -0.39 is 10.8 Å². The van der Waals surface area contributed by atoms with Crippen molar-refractivity contribution in [3.63, 3.8) is 0 Å². The fraction of sp³-hybridized carbons (Fsp3) is 0.476. The molecule has 1 N–H and O–H groups in total. The van der Waals surface area contributed by atoms with Gasteiger partial charge in [-0.25, -0.2) is 4.98 Å². The van der Waals surface area contributed by atoms with E-state index in [1.165, 1.54) is 0 Å². The van der Waals surface area contributed by atoms with Crippen molar-refractivity contribution in [2.24, 2.45) is 0 Å². The minimum atomic E-state index is -1.08. The lowest BCUT2D eigenvalue weighted by molar-refractivity contribution is -0.117. The van der Waals surface area contributed by atoms with Gasteiger partial charge in [0.15, 0.2) is 0 Å². The number of ether oxygens (including phenoxy) is 1. The molecule has 3 aliphatic rings. The van der Waals surface area contributed by atoms with E-state index in [9.17, 15) is 9.00 Å². The summed E-state index contributed by atoms with van der Waals surface area (Å²) in [6, 6.07) is 8.00. The Morgan fingerprint density at radius 1 is 1.19 bits per heavy atom. The van der Waals surface area contributed by atoms with Gasteiger partial charge >= 0.3 is 0 Å². The summed E-state index contributed by atoms with van der Waals surface area (Å²) in [6.45, 7) is 2.84. The third kappa shape index (κ3) is 4.33. The number of nitrogens with zero attached hydrogens (tertiary/aromatic N) is 4. The molecular weight excluding hydrogens is 482 g/mol. The summed E-state index contributed by atoms with van der Waals surface area (Å²) >= 11 is 3.47. The van der Waals surface area contributed by atoms with Crippen LogP contribution >= 0.6 is 15.9 Å². The van der Waals surface area contributed by atoms with Crippen molar-refractivity contribution in [1.82, 2.24) is 9.97 Å². The highest BCUT2D eigenvalue weighted by Crippen LogP contribution is 2.32. The Hall–Kier alpha value is -2.04. The van der Waals surface area contributed by atoms with Gasteiger partial charge in [-0.2, -0.15) is 4.98 Å². The maximum absolute atomic E-state index is 12.9. The topological polar surface area (TPSA) is 87.7 Å². The van der Waals surface area contributed by atoms with Gasteiger partial charge in [0.05, 0.1) is 16.5 Å². The number of piperazine rings is 1. The quantitative estimate of drug-likeness (QED) is 0.681. The highest BCUT2D eigenvalue weighted by molar-refractivity contribution is 9.10. The maximum atomic E-state index is 12.9. The van der Waals surface area contributed by atoms with Crippen molar-refractivity contribution >= 4 is 50.1 Å². The lowest BCUT2D eigenvalue weighted by atomic mass is 10.1. The van der Waals surface area contributed by atoms with Crippen LogP contribution in [0.1, 0.15) is 18.5 Å². The van der Waals surface area contributed by atoms with Crippen molar-refractivity contribution in [3.05, 3.63) is 34.4 Å². The van der Waals surface area contributed by atoms with Gasteiger partial charge in [-0.1, -0.05) is 22.0 Å². The number of nitrogens with one attached hydrogen (secondary N) is 1. The molecule has 1 amide bonds. The molecule has 2 fully saturated rings. The number of aryl methyl sites for hydroxylation is 1. The number of anilines is 3. The number of carbonyl (C=O) groups is 1. The molecule has 1 aromatic heterocycles. The predicted octanol–water partition coefficient (Wildman–Crippen LogP) is 2.35. The zero-order valence-electron chi connectivity index (χ0n) is 17.1. The normalized spacial score (nSPS) is 22.0. The molecule has 5 rings (SSSR count). The summed E-state index contributed by atoms with van der Waals surface area (Å²) in [5.74, 6) is 1.78. The first-order valence-corrected chi connectivity index (χ1v) is 12.6. The molecule has 1 atom stereocenters. The third-order valence-corrected chi connectivity index (χ3v) is 7.81. The monoisotopic (exact) mass is 505 g/mol. The van der Waals surface area contributed by atoms with Crippen LogP contribution in [0.4, 0.5) is 17.5 Å². The number of hydrogen-bond acceptors (Lipinski definition) is 7. The number of carbonyl (C=O) groups excluding carboxylic acids is 1. The van der Waals surface area contributed by atoms with E-state index in [-0.39, 0.29) is 18.5 Å². The molecular formula is C21H24BrN5O3S. The van der Waals surface area contributed by atoms with Crippen molar-refractivity contribution in [2.45, 2.75) is 30.2 Å². The second kappa shape index (κ2) is 8.84. The molecule has 0 bridgehead atoms. The molecule has 3 aliphatic heterocycles. The SMILES string of the molecule is O=C1CN(c2nc3c(c(NC4CCOCC4)n2)S(=O)CC3)CCN1c1cccc(Br)c1. The third-order valence-electron chi connectivity index (χ3n) is 5.86. The van der Waals surface area contributed by atoms with Gasteiger partial charge in [-0.05, 0) is 31.0 Å². The van der Waals surface area contributed by atoms with Crippen LogP contribution < -0.4 is 15.1 Å². The summed E-state index contributed by atoms with van der Waals surface area (Å²) < 4.78 is 19.0. The number of benzene rings is 1. The molecule has 2 aromatic rings. The smallest absolute Gasteiger partial charge is 0.246 e. The molecule has 10 heteroatoms.